The Hall–Kier alpha value is -3.81. The van der Waals surface area contributed by atoms with E-state index in [1.807, 2.05) is 48.5 Å². The van der Waals surface area contributed by atoms with Crippen LogP contribution in [0.1, 0.15) is 12.6 Å². The zero-order valence-corrected chi connectivity index (χ0v) is 17.0. The van der Waals surface area contributed by atoms with E-state index >= 15 is 0 Å². The van der Waals surface area contributed by atoms with E-state index in [4.69, 9.17) is 9.15 Å². The maximum Gasteiger partial charge on any atom is 0.226 e. The van der Waals surface area contributed by atoms with Gasteiger partial charge in [0, 0.05) is 31.3 Å². The molecular weight excluding hydrogens is 382 g/mol. The number of amides is 1. The lowest BCUT2D eigenvalue weighted by Gasteiger charge is -2.12. The predicted octanol–water partition coefficient (Wildman–Crippen LogP) is 3.04. The van der Waals surface area contributed by atoms with Gasteiger partial charge in [-0.15, -0.1) is 0 Å². The van der Waals surface area contributed by atoms with Crippen molar-refractivity contribution in [3.8, 4) is 17.2 Å². The number of carbonyl (C=O) groups excluding carboxylic acids is 1. The van der Waals surface area contributed by atoms with Gasteiger partial charge >= 0.3 is 0 Å². The minimum Gasteiger partial charge on any atom is -0.492 e. The van der Waals surface area contributed by atoms with Crippen LogP contribution in [-0.2, 0) is 11.3 Å². The van der Waals surface area contributed by atoms with E-state index in [1.165, 1.54) is 6.92 Å². The molecule has 0 spiro atoms. The number of aliphatic imine (C=N–C) groups is 1. The Morgan fingerprint density at radius 1 is 1.13 bits per heavy atom. The second-order valence-corrected chi connectivity index (χ2v) is 6.42. The molecule has 0 radical (unpaired) electrons. The summed E-state index contributed by atoms with van der Waals surface area (Å²) in [6.07, 6.45) is 1.63. The third-order valence-electron chi connectivity index (χ3n) is 4.05. The van der Waals surface area contributed by atoms with Gasteiger partial charge in [0.05, 0.1) is 18.8 Å². The van der Waals surface area contributed by atoms with E-state index in [0.717, 1.165) is 11.3 Å². The van der Waals surface area contributed by atoms with Crippen LogP contribution in [0.4, 0.5) is 5.69 Å². The van der Waals surface area contributed by atoms with Crippen molar-refractivity contribution >= 4 is 17.6 Å². The summed E-state index contributed by atoms with van der Waals surface area (Å²) in [5.74, 6) is 1.79. The summed E-state index contributed by atoms with van der Waals surface area (Å²) in [6.45, 7) is 2.94. The van der Waals surface area contributed by atoms with Crippen molar-refractivity contribution in [3.63, 3.8) is 0 Å². The monoisotopic (exact) mass is 407 g/mol. The van der Waals surface area contributed by atoms with Crippen LogP contribution < -0.4 is 20.7 Å². The summed E-state index contributed by atoms with van der Waals surface area (Å²) in [4.78, 5) is 19.8. The average molecular weight is 407 g/mol. The minimum absolute atomic E-state index is 0.119. The molecule has 0 aliphatic rings. The van der Waals surface area contributed by atoms with Gasteiger partial charge in [-0.3, -0.25) is 9.79 Å². The van der Waals surface area contributed by atoms with Crippen molar-refractivity contribution in [2.24, 2.45) is 4.99 Å². The standard InChI is InChI=1S/C22H25N5O3/c1-16(28)26-18-9-6-10-20(13-18)29-12-11-24-22(23-2)25-14-19-15-30-21(27-19)17-7-4-3-5-8-17/h3-10,13,15H,11-12,14H2,1-2H3,(H,26,28)(H2,23,24,25). The molecule has 156 valence electrons. The SMILES string of the molecule is CN=C(NCCOc1cccc(NC(C)=O)c1)NCc1coc(-c2ccccc2)n1. The first-order chi connectivity index (χ1) is 14.6. The quantitative estimate of drug-likeness (QED) is 0.301. The normalized spacial score (nSPS) is 11.1. The lowest BCUT2D eigenvalue weighted by Crippen LogP contribution is -2.38. The van der Waals surface area contributed by atoms with Gasteiger partial charge in [0.15, 0.2) is 5.96 Å². The summed E-state index contributed by atoms with van der Waals surface area (Å²) >= 11 is 0. The Morgan fingerprint density at radius 2 is 1.97 bits per heavy atom. The Morgan fingerprint density at radius 3 is 2.73 bits per heavy atom. The molecule has 0 fully saturated rings. The molecule has 0 aliphatic heterocycles. The number of aromatic nitrogens is 1. The first-order valence-corrected chi connectivity index (χ1v) is 9.59. The van der Waals surface area contributed by atoms with E-state index in [0.29, 0.717) is 43.0 Å². The molecule has 3 aromatic rings. The molecule has 30 heavy (non-hydrogen) atoms. The van der Waals surface area contributed by atoms with Crippen molar-refractivity contribution in [1.82, 2.24) is 15.6 Å². The molecule has 8 heteroatoms. The topological polar surface area (TPSA) is 101 Å². The summed E-state index contributed by atoms with van der Waals surface area (Å²) in [5, 5.41) is 9.10. The number of anilines is 1. The van der Waals surface area contributed by atoms with Crippen molar-refractivity contribution in [2.45, 2.75) is 13.5 Å². The zero-order chi connectivity index (χ0) is 21.2. The first-order valence-electron chi connectivity index (χ1n) is 9.59. The van der Waals surface area contributed by atoms with E-state index in [-0.39, 0.29) is 5.91 Å². The molecule has 1 heterocycles. The van der Waals surface area contributed by atoms with Crippen LogP contribution in [0.2, 0.25) is 0 Å². The van der Waals surface area contributed by atoms with Crippen molar-refractivity contribution in [1.29, 1.82) is 0 Å². The number of hydrogen-bond donors (Lipinski definition) is 3. The number of ether oxygens (including phenoxy) is 1. The number of benzene rings is 2. The maximum absolute atomic E-state index is 11.1. The Balaban J connectivity index is 1.41. The van der Waals surface area contributed by atoms with E-state index in [9.17, 15) is 4.79 Å². The van der Waals surface area contributed by atoms with Crippen LogP contribution in [0, 0.1) is 0 Å². The third-order valence-corrected chi connectivity index (χ3v) is 4.05. The number of nitrogens with one attached hydrogen (secondary N) is 3. The molecule has 2 aromatic carbocycles. The van der Waals surface area contributed by atoms with Gasteiger partial charge in [-0.2, -0.15) is 0 Å². The second-order valence-electron chi connectivity index (χ2n) is 6.42. The fourth-order valence-corrected chi connectivity index (χ4v) is 2.70. The molecular formula is C22H25N5O3. The zero-order valence-electron chi connectivity index (χ0n) is 17.0. The highest BCUT2D eigenvalue weighted by Crippen LogP contribution is 2.18. The lowest BCUT2D eigenvalue weighted by molar-refractivity contribution is -0.114. The smallest absolute Gasteiger partial charge is 0.226 e. The van der Waals surface area contributed by atoms with Crippen LogP contribution in [0.15, 0.2) is 70.3 Å². The van der Waals surface area contributed by atoms with Crippen LogP contribution in [0.3, 0.4) is 0 Å². The molecule has 0 aliphatic carbocycles. The molecule has 1 amide bonds. The highest BCUT2D eigenvalue weighted by atomic mass is 16.5. The summed E-state index contributed by atoms with van der Waals surface area (Å²) < 4.78 is 11.3. The highest BCUT2D eigenvalue weighted by Gasteiger charge is 2.07. The largest absolute Gasteiger partial charge is 0.492 e. The number of hydrogen-bond acceptors (Lipinski definition) is 5. The number of guanidine groups is 1. The Labute approximate surface area is 175 Å². The Kier molecular flexibility index (Phi) is 7.43. The van der Waals surface area contributed by atoms with E-state index < -0.39 is 0 Å². The second kappa shape index (κ2) is 10.7. The molecule has 0 unspecified atom stereocenters. The molecule has 8 nitrogen and oxygen atoms in total. The van der Waals surface area contributed by atoms with Crippen LogP contribution in [0.5, 0.6) is 5.75 Å². The van der Waals surface area contributed by atoms with Gasteiger partial charge in [0.25, 0.3) is 0 Å². The lowest BCUT2D eigenvalue weighted by atomic mass is 10.2. The Bertz CT molecular complexity index is 985. The fraction of sp³-hybridized carbons (Fsp3) is 0.227. The van der Waals surface area contributed by atoms with Crippen LogP contribution in [0.25, 0.3) is 11.5 Å². The first kappa shape index (κ1) is 20.9. The predicted molar refractivity (Wildman–Crippen MR) is 116 cm³/mol. The van der Waals surface area contributed by atoms with Crippen LogP contribution >= 0.6 is 0 Å². The molecule has 0 saturated carbocycles. The molecule has 1 aromatic heterocycles. The van der Waals surface area contributed by atoms with Crippen molar-refractivity contribution in [3.05, 3.63) is 66.6 Å². The van der Waals surface area contributed by atoms with Crippen molar-refractivity contribution < 1.29 is 13.9 Å². The van der Waals surface area contributed by atoms with Gasteiger partial charge in [-0.25, -0.2) is 4.98 Å². The average Bonchev–Trinajstić information content (AvgIpc) is 3.23. The summed E-state index contributed by atoms with van der Waals surface area (Å²) in [6, 6.07) is 17.0. The molecule has 3 rings (SSSR count). The molecule has 0 atom stereocenters. The molecule has 0 saturated heterocycles. The maximum atomic E-state index is 11.1. The third kappa shape index (κ3) is 6.37. The minimum atomic E-state index is -0.119. The van der Waals surface area contributed by atoms with Gasteiger partial charge in [-0.05, 0) is 24.3 Å². The van der Waals surface area contributed by atoms with Gasteiger partial charge < -0.3 is 25.1 Å². The van der Waals surface area contributed by atoms with E-state index in [2.05, 4.69) is 25.9 Å². The number of rotatable bonds is 8. The van der Waals surface area contributed by atoms with Gasteiger partial charge in [0.1, 0.15) is 18.6 Å². The van der Waals surface area contributed by atoms with Gasteiger partial charge in [-0.1, -0.05) is 24.3 Å². The van der Waals surface area contributed by atoms with Gasteiger partial charge in [0.2, 0.25) is 11.8 Å². The summed E-state index contributed by atoms with van der Waals surface area (Å²) in [7, 11) is 1.70. The molecule has 0 bridgehead atoms. The number of carbonyl (C=O) groups is 1. The van der Waals surface area contributed by atoms with Crippen molar-refractivity contribution in [2.75, 3.05) is 25.5 Å². The van der Waals surface area contributed by atoms with E-state index in [1.54, 1.807) is 19.4 Å². The number of nitrogens with zero attached hydrogens (tertiary/aromatic N) is 2. The summed E-state index contributed by atoms with van der Waals surface area (Å²) in [5.41, 5.74) is 2.42. The highest BCUT2D eigenvalue weighted by molar-refractivity contribution is 5.88. The molecule has 3 N–H and O–H groups in total. The fourth-order valence-electron chi connectivity index (χ4n) is 2.70. The number of oxazole rings is 1. The van der Waals surface area contributed by atoms with Crippen LogP contribution in [-0.4, -0.2) is 37.1 Å².